The third kappa shape index (κ3) is 4.05. The zero-order valence-corrected chi connectivity index (χ0v) is 13.9. The SMILES string of the molecule is O=C(NCCSc1ccccn1)c1cccc(N2CCNC2=O)c1. The maximum atomic E-state index is 12.2. The Kier molecular flexibility index (Phi) is 5.32. The summed E-state index contributed by atoms with van der Waals surface area (Å²) >= 11 is 1.59. The average Bonchev–Trinajstić information content (AvgIpc) is 3.05. The van der Waals surface area contributed by atoms with Gasteiger partial charge in [-0.1, -0.05) is 12.1 Å². The van der Waals surface area contributed by atoms with E-state index in [0.29, 0.717) is 25.2 Å². The Bertz CT molecular complexity index is 724. The van der Waals surface area contributed by atoms with Gasteiger partial charge in [0.05, 0.1) is 5.03 Å². The molecular formula is C17H18N4O2S. The molecule has 0 unspecified atom stereocenters. The van der Waals surface area contributed by atoms with Gasteiger partial charge in [-0.25, -0.2) is 9.78 Å². The van der Waals surface area contributed by atoms with E-state index in [-0.39, 0.29) is 11.9 Å². The lowest BCUT2D eigenvalue weighted by Gasteiger charge is -2.15. The van der Waals surface area contributed by atoms with Gasteiger partial charge >= 0.3 is 6.03 Å². The molecule has 1 aliphatic rings. The Balaban J connectivity index is 1.52. The molecule has 3 amide bonds. The minimum absolute atomic E-state index is 0.126. The quantitative estimate of drug-likeness (QED) is 0.623. The van der Waals surface area contributed by atoms with E-state index in [2.05, 4.69) is 15.6 Å². The van der Waals surface area contributed by atoms with Crippen LogP contribution in [0.15, 0.2) is 53.7 Å². The number of benzene rings is 1. The highest BCUT2D eigenvalue weighted by Gasteiger charge is 2.21. The molecule has 0 spiro atoms. The fourth-order valence-electron chi connectivity index (χ4n) is 2.39. The lowest BCUT2D eigenvalue weighted by atomic mass is 10.2. The van der Waals surface area contributed by atoms with Crippen LogP contribution in [0, 0.1) is 0 Å². The Labute approximate surface area is 144 Å². The van der Waals surface area contributed by atoms with Crippen molar-refractivity contribution in [3.8, 4) is 0 Å². The van der Waals surface area contributed by atoms with Gasteiger partial charge < -0.3 is 10.6 Å². The fourth-order valence-corrected chi connectivity index (χ4v) is 3.11. The normalized spacial score (nSPS) is 13.7. The zero-order valence-electron chi connectivity index (χ0n) is 13.1. The number of nitrogens with one attached hydrogen (secondary N) is 2. The molecule has 1 fully saturated rings. The smallest absolute Gasteiger partial charge is 0.321 e. The van der Waals surface area contributed by atoms with Crippen molar-refractivity contribution in [1.82, 2.24) is 15.6 Å². The van der Waals surface area contributed by atoms with Crippen LogP contribution >= 0.6 is 11.8 Å². The maximum absolute atomic E-state index is 12.2. The number of hydrogen-bond acceptors (Lipinski definition) is 4. The van der Waals surface area contributed by atoms with Crippen molar-refractivity contribution >= 4 is 29.4 Å². The molecule has 0 bridgehead atoms. The van der Waals surface area contributed by atoms with E-state index in [1.807, 2.05) is 24.3 Å². The molecule has 6 nitrogen and oxygen atoms in total. The van der Waals surface area contributed by atoms with Crippen molar-refractivity contribution in [3.05, 3.63) is 54.2 Å². The molecule has 0 saturated carbocycles. The average molecular weight is 342 g/mol. The first kappa shape index (κ1) is 16.3. The van der Waals surface area contributed by atoms with Crippen molar-refractivity contribution in [1.29, 1.82) is 0 Å². The Morgan fingerprint density at radius 1 is 1.29 bits per heavy atom. The van der Waals surface area contributed by atoms with Crippen molar-refractivity contribution in [2.45, 2.75) is 5.03 Å². The van der Waals surface area contributed by atoms with Gasteiger partial charge in [0, 0.05) is 42.8 Å². The third-order valence-electron chi connectivity index (χ3n) is 3.55. The summed E-state index contributed by atoms with van der Waals surface area (Å²) in [4.78, 5) is 29.8. The molecule has 0 radical (unpaired) electrons. The molecule has 2 heterocycles. The van der Waals surface area contributed by atoms with Crippen LogP contribution in [-0.2, 0) is 0 Å². The second kappa shape index (κ2) is 7.83. The fraction of sp³-hybridized carbons (Fsp3) is 0.235. The molecule has 2 aromatic rings. The summed E-state index contributed by atoms with van der Waals surface area (Å²) in [5.74, 6) is 0.606. The molecule has 3 rings (SSSR count). The summed E-state index contributed by atoms with van der Waals surface area (Å²) in [5, 5.41) is 6.58. The van der Waals surface area contributed by atoms with Crippen LogP contribution in [0.3, 0.4) is 0 Å². The number of nitrogens with zero attached hydrogens (tertiary/aromatic N) is 2. The van der Waals surface area contributed by atoms with Crippen LogP contribution in [0.1, 0.15) is 10.4 Å². The summed E-state index contributed by atoms with van der Waals surface area (Å²) in [6.07, 6.45) is 1.75. The molecule has 1 aromatic carbocycles. The van der Waals surface area contributed by atoms with E-state index >= 15 is 0 Å². The van der Waals surface area contributed by atoms with Crippen molar-refractivity contribution in [3.63, 3.8) is 0 Å². The molecule has 124 valence electrons. The second-order valence-electron chi connectivity index (χ2n) is 5.21. The van der Waals surface area contributed by atoms with E-state index in [1.165, 1.54) is 0 Å². The van der Waals surface area contributed by atoms with Crippen molar-refractivity contribution in [2.24, 2.45) is 0 Å². The van der Waals surface area contributed by atoms with E-state index in [9.17, 15) is 9.59 Å². The van der Waals surface area contributed by atoms with Gasteiger partial charge in [-0.3, -0.25) is 9.69 Å². The molecule has 1 aromatic heterocycles. The molecule has 2 N–H and O–H groups in total. The number of carbonyl (C=O) groups is 2. The van der Waals surface area contributed by atoms with Gasteiger partial charge in [-0.15, -0.1) is 11.8 Å². The minimum Gasteiger partial charge on any atom is -0.351 e. The second-order valence-corrected chi connectivity index (χ2v) is 6.32. The Morgan fingerprint density at radius 2 is 2.21 bits per heavy atom. The predicted molar refractivity (Wildman–Crippen MR) is 94.5 cm³/mol. The first-order valence-corrected chi connectivity index (χ1v) is 8.70. The van der Waals surface area contributed by atoms with Gasteiger partial charge in [0.25, 0.3) is 5.91 Å². The number of pyridine rings is 1. The number of anilines is 1. The topological polar surface area (TPSA) is 74.3 Å². The standard InChI is InChI=1S/C17H18N4O2S/c22-16(19-9-11-24-15-6-1-2-7-18-15)13-4-3-5-14(12-13)21-10-8-20-17(21)23/h1-7,12H,8-11H2,(H,19,22)(H,20,23). The Morgan fingerprint density at radius 3 is 2.96 bits per heavy atom. The van der Waals surface area contributed by atoms with Crippen LogP contribution < -0.4 is 15.5 Å². The highest BCUT2D eigenvalue weighted by molar-refractivity contribution is 7.99. The lowest BCUT2D eigenvalue weighted by molar-refractivity contribution is 0.0956. The van der Waals surface area contributed by atoms with E-state index in [4.69, 9.17) is 0 Å². The maximum Gasteiger partial charge on any atom is 0.321 e. The van der Waals surface area contributed by atoms with Gasteiger partial charge in [-0.05, 0) is 30.3 Å². The Hall–Kier alpha value is -2.54. The first-order chi connectivity index (χ1) is 11.7. The van der Waals surface area contributed by atoms with Crippen molar-refractivity contribution < 1.29 is 9.59 Å². The van der Waals surface area contributed by atoms with Crippen molar-refractivity contribution in [2.75, 3.05) is 30.3 Å². The van der Waals surface area contributed by atoms with Crippen LogP contribution in [-0.4, -0.2) is 42.3 Å². The number of urea groups is 1. The predicted octanol–water partition coefficient (Wildman–Crippen LogP) is 2.13. The number of hydrogen-bond donors (Lipinski definition) is 2. The third-order valence-corrected chi connectivity index (χ3v) is 4.50. The van der Waals surface area contributed by atoms with Gasteiger partial charge in [0.1, 0.15) is 0 Å². The van der Waals surface area contributed by atoms with E-state index < -0.39 is 0 Å². The van der Waals surface area contributed by atoms with Crippen LogP contribution in [0.4, 0.5) is 10.5 Å². The molecule has 0 aliphatic carbocycles. The molecule has 1 saturated heterocycles. The number of aromatic nitrogens is 1. The number of amides is 3. The van der Waals surface area contributed by atoms with Crippen LogP contribution in [0.2, 0.25) is 0 Å². The molecule has 24 heavy (non-hydrogen) atoms. The molecule has 0 atom stereocenters. The highest BCUT2D eigenvalue weighted by Crippen LogP contribution is 2.18. The number of rotatable bonds is 6. The lowest BCUT2D eigenvalue weighted by Crippen LogP contribution is -2.29. The summed E-state index contributed by atoms with van der Waals surface area (Å²) in [7, 11) is 0. The monoisotopic (exact) mass is 342 g/mol. The number of carbonyl (C=O) groups excluding carboxylic acids is 2. The first-order valence-electron chi connectivity index (χ1n) is 7.71. The summed E-state index contributed by atoms with van der Waals surface area (Å²) in [6, 6.07) is 12.7. The van der Waals surface area contributed by atoms with Gasteiger partial charge in [0.2, 0.25) is 0 Å². The summed E-state index contributed by atoms with van der Waals surface area (Å²) in [6.45, 7) is 1.79. The molecular weight excluding hydrogens is 324 g/mol. The zero-order chi connectivity index (χ0) is 16.8. The largest absolute Gasteiger partial charge is 0.351 e. The summed E-state index contributed by atoms with van der Waals surface area (Å²) in [5.41, 5.74) is 1.29. The molecule has 7 heteroatoms. The minimum atomic E-state index is -0.141. The molecule has 1 aliphatic heterocycles. The van der Waals surface area contributed by atoms with Crippen LogP contribution in [0.25, 0.3) is 0 Å². The highest BCUT2D eigenvalue weighted by atomic mass is 32.2. The van der Waals surface area contributed by atoms with Gasteiger partial charge in [-0.2, -0.15) is 0 Å². The van der Waals surface area contributed by atoms with Gasteiger partial charge in [0.15, 0.2) is 0 Å². The number of thioether (sulfide) groups is 1. The van der Waals surface area contributed by atoms with Crippen LogP contribution in [0.5, 0.6) is 0 Å². The summed E-state index contributed by atoms with van der Waals surface area (Å²) < 4.78 is 0. The van der Waals surface area contributed by atoms with E-state index in [0.717, 1.165) is 16.5 Å². The van der Waals surface area contributed by atoms with E-state index in [1.54, 1.807) is 41.1 Å².